The Bertz CT molecular complexity index is 440. The summed E-state index contributed by atoms with van der Waals surface area (Å²) in [6.07, 6.45) is 2.20. The molecule has 0 saturated heterocycles. The number of carbonyl (C=O) groups excluding carboxylic acids is 1. The average molecular weight is 299 g/mol. The summed E-state index contributed by atoms with van der Waals surface area (Å²) in [5.74, 6) is -1.47. The third kappa shape index (κ3) is 6.51. The van der Waals surface area contributed by atoms with Gasteiger partial charge in [-0.2, -0.15) is 0 Å². The highest BCUT2D eigenvalue weighted by molar-refractivity contribution is 7.09. The average Bonchev–Trinajstić information content (AvgIpc) is 2.83. The van der Waals surface area contributed by atoms with Crippen molar-refractivity contribution in [1.82, 2.24) is 15.6 Å². The molecule has 0 spiro atoms. The first-order chi connectivity index (χ1) is 9.28. The van der Waals surface area contributed by atoms with Crippen LogP contribution >= 0.6 is 11.3 Å². The summed E-state index contributed by atoms with van der Waals surface area (Å²) in [4.78, 5) is 27.6. The largest absolute Gasteiger partial charge is 0.481 e. The van der Waals surface area contributed by atoms with Crippen LogP contribution in [-0.4, -0.2) is 28.6 Å². The van der Waals surface area contributed by atoms with E-state index >= 15 is 0 Å². The second kappa shape index (κ2) is 7.23. The highest BCUT2D eigenvalue weighted by Crippen LogP contribution is 2.24. The number of hydrogen-bond donors (Lipinski definition) is 3. The molecule has 0 saturated carbocycles. The minimum Gasteiger partial charge on any atom is -0.481 e. The fraction of sp³-hybridized carbons (Fsp3) is 0.615. The van der Waals surface area contributed by atoms with Crippen LogP contribution in [0.2, 0.25) is 0 Å². The van der Waals surface area contributed by atoms with Crippen molar-refractivity contribution >= 4 is 23.3 Å². The summed E-state index contributed by atoms with van der Waals surface area (Å²) < 4.78 is 0. The molecule has 0 aliphatic heterocycles. The molecule has 1 heterocycles. The lowest BCUT2D eigenvalue weighted by molar-refractivity contribution is -0.142. The van der Waals surface area contributed by atoms with Gasteiger partial charge in [0, 0.05) is 17.6 Å². The van der Waals surface area contributed by atoms with Crippen LogP contribution in [0, 0.1) is 11.3 Å². The number of aromatic nitrogens is 1. The number of hydrogen-bond acceptors (Lipinski definition) is 4. The maximum absolute atomic E-state index is 11.6. The van der Waals surface area contributed by atoms with Gasteiger partial charge in [0.1, 0.15) is 0 Å². The molecule has 1 unspecified atom stereocenters. The number of amides is 2. The molecule has 0 bridgehead atoms. The monoisotopic (exact) mass is 299 g/mol. The van der Waals surface area contributed by atoms with E-state index in [2.05, 4.69) is 15.6 Å². The molecule has 112 valence electrons. The second-order valence-corrected chi connectivity index (χ2v) is 6.80. The molecule has 2 amide bonds. The molecule has 1 aromatic rings. The van der Waals surface area contributed by atoms with Gasteiger partial charge >= 0.3 is 12.0 Å². The van der Waals surface area contributed by atoms with Crippen LogP contribution in [0.3, 0.4) is 0 Å². The van der Waals surface area contributed by atoms with Crippen LogP contribution in [0.4, 0.5) is 4.79 Å². The van der Waals surface area contributed by atoms with Crippen LogP contribution in [-0.2, 0) is 11.3 Å². The van der Waals surface area contributed by atoms with E-state index in [1.54, 1.807) is 11.7 Å². The van der Waals surface area contributed by atoms with E-state index in [1.807, 2.05) is 20.8 Å². The van der Waals surface area contributed by atoms with Crippen LogP contribution in [0.25, 0.3) is 0 Å². The van der Waals surface area contributed by atoms with Crippen LogP contribution in [0.1, 0.15) is 32.1 Å². The first-order valence-electron chi connectivity index (χ1n) is 6.40. The highest BCUT2D eigenvalue weighted by atomic mass is 32.1. The van der Waals surface area contributed by atoms with Crippen molar-refractivity contribution in [3.05, 3.63) is 16.6 Å². The van der Waals surface area contributed by atoms with Crippen molar-refractivity contribution < 1.29 is 14.7 Å². The third-order valence-corrected chi connectivity index (χ3v) is 3.40. The van der Waals surface area contributed by atoms with Gasteiger partial charge in [-0.3, -0.25) is 9.78 Å². The molecule has 0 fully saturated rings. The van der Waals surface area contributed by atoms with E-state index in [9.17, 15) is 9.59 Å². The van der Waals surface area contributed by atoms with Crippen molar-refractivity contribution in [2.24, 2.45) is 11.3 Å². The molecule has 3 N–H and O–H groups in total. The van der Waals surface area contributed by atoms with E-state index in [-0.39, 0.29) is 18.0 Å². The summed E-state index contributed by atoms with van der Waals surface area (Å²) in [6, 6.07) is -0.362. The molecule has 0 aromatic carbocycles. The van der Waals surface area contributed by atoms with Gasteiger partial charge in [0.15, 0.2) is 0 Å². The van der Waals surface area contributed by atoms with Gasteiger partial charge in [-0.05, 0) is 11.8 Å². The number of nitrogens with zero attached hydrogens (tertiary/aromatic N) is 1. The van der Waals surface area contributed by atoms with E-state index in [4.69, 9.17) is 5.11 Å². The number of carboxylic acids is 1. The molecule has 6 nitrogen and oxygen atoms in total. The maximum atomic E-state index is 11.6. The number of urea groups is 1. The fourth-order valence-electron chi connectivity index (χ4n) is 1.76. The zero-order chi connectivity index (χ0) is 15.2. The number of aliphatic carboxylic acids is 1. The SMILES string of the molecule is CC(C)(C)CC(CNC(=O)NCc1cncs1)C(=O)O. The normalized spacial score (nSPS) is 12.8. The summed E-state index contributed by atoms with van der Waals surface area (Å²) >= 11 is 1.45. The fourth-order valence-corrected chi connectivity index (χ4v) is 2.30. The van der Waals surface area contributed by atoms with Crippen LogP contribution in [0.15, 0.2) is 11.7 Å². The van der Waals surface area contributed by atoms with E-state index in [0.29, 0.717) is 13.0 Å². The molecule has 20 heavy (non-hydrogen) atoms. The van der Waals surface area contributed by atoms with Crippen LogP contribution < -0.4 is 10.6 Å². The lowest BCUT2D eigenvalue weighted by atomic mass is 9.84. The van der Waals surface area contributed by atoms with Gasteiger partial charge in [-0.15, -0.1) is 11.3 Å². The second-order valence-electron chi connectivity index (χ2n) is 5.83. The summed E-state index contributed by atoms with van der Waals surface area (Å²) in [5, 5.41) is 14.4. The number of rotatable bonds is 6. The van der Waals surface area contributed by atoms with Crippen molar-refractivity contribution in [1.29, 1.82) is 0 Å². The Balaban J connectivity index is 2.35. The zero-order valence-corrected chi connectivity index (χ0v) is 12.8. The minimum atomic E-state index is -0.886. The minimum absolute atomic E-state index is 0.0934. The molecule has 1 aromatic heterocycles. The quantitative estimate of drug-likeness (QED) is 0.750. The van der Waals surface area contributed by atoms with Gasteiger partial charge in [0.2, 0.25) is 0 Å². The standard InChI is InChI=1S/C13H21N3O3S/c1-13(2,3)4-9(11(17)18)5-15-12(19)16-7-10-6-14-8-20-10/h6,8-9H,4-5,7H2,1-3H3,(H,17,18)(H2,15,16,19). The summed E-state index contributed by atoms with van der Waals surface area (Å²) in [6.45, 7) is 6.46. The zero-order valence-electron chi connectivity index (χ0n) is 12.0. The van der Waals surface area contributed by atoms with Crippen molar-refractivity contribution in [3.63, 3.8) is 0 Å². The van der Waals surface area contributed by atoms with Crippen molar-refractivity contribution in [2.45, 2.75) is 33.7 Å². The Hall–Kier alpha value is -1.63. The third-order valence-electron chi connectivity index (χ3n) is 2.62. The molecule has 0 aliphatic carbocycles. The maximum Gasteiger partial charge on any atom is 0.315 e. The molecule has 0 aliphatic rings. The molecule has 1 rings (SSSR count). The Kier molecular flexibility index (Phi) is 5.94. The lowest BCUT2D eigenvalue weighted by Crippen LogP contribution is -2.40. The Morgan fingerprint density at radius 3 is 2.60 bits per heavy atom. The summed E-state index contributed by atoms with van der Waals surface area (Å²) in [7, 11) is 0. The Labute approximate surface area is 122 Å². The Morgan fingerprint density at radius 1 is 1.40 bits per heavy atom. The van der Waals surface area contributed by atoms with Gasteiger partial charge in [-0.1, -0.05) is 20.8 Å². The predicted octanol–water partition coefficient (Wildman–Crippen LogP) is 2.08. The first kappa shape index (κ1) is 16.4. The lowest BCUT2D eigenvalue weighted by Gasteiger charge is -2.23. The first-order valence-corrected chi connectivity index (χ1v) is 7.28. The predicted molar refractivity (Wildman–Crippen MR) is 77.6 cm³/mol. The van der Waals surface area contributed by atoms with E-state index in [0.717, 1.165) is 4.88 Å². The molecule has 7 heteroatoms. The number of nitrogens with one attached hydrogen (secondary N) is 2. The van der Waals surface area contributed by atoms with Gasteiger partial charge < -0.3 is 15.7 Å². The topological polar surface area (TPSA) is 91.3 Å². The van der Waals surface area contributed by atoms with Crippen LogP contribution in [0.5, 0.6) is 0 Å². The van der Waals surface area contributed by atoms with Gasteiger partial charge in [0.05, 0.1) is 18.0 Å². The van der Waals surface area contributed by atoms with E-state index in [1.165, 1.54) is 11.3 Å². The number of carbonyl (C=O) groups is 2. The van der Waals surface area contributed by atoms with E-state index < -0.39 is 11.9 Å². The van der Waals surface area contributed by atoms with Gasteiger partial charge in [0.25, 0.3) is 0 Å². The summed E-state index contributed by atoms with van der Waals surface area (Å²) in [5.41, 5.74) is 1.60. The smallest absolute Gasteiger partial charge is 0.315 e. The number of thiazole rings is 1. The van der Waals surface area contributed by atoms with Crippen molar-refractivity contribution in [2.75, 3.05) is 6.54 Å². The van der Waals surface area contributed by atoms with Gasteiger partial charge in [-0.25, -0.2) is 4.79 Å². The molecule has 0 radical (unpaired) electrons. The molecular formula is C13H21N3O3S. The highest BCUT2D eigenvalue weighted by Gasteiger charge is 2.24. The van der Waals surface area contributed by atoms with Crippen molar-refractivity contribution in [3.8, 4) is 0 Å². The molecular weight excluding hydrogens is 278 g/mol. The molecule has 1 atom stereocenters. The Morgan fingerprint density at radius 2 is 2.10 bits per heavy atom. The number of carboxylic acid groups (broad SMARTS) is 1.